The van der Waals surface area contributed by atoms with Gasteiger partial charge in [-0.05, 0) is 49.8 Å². The Morgan fingerprint density at radius 3 is 2.31 bits per heavy atom. The van der Waals surface area contributed by atoms with Crippen LogP contribution in [0.4, 0.5) is 13.2 Å². The number of imidazole rings is 1. The van der Waals surface area contributed by atoms with E-state index in [4.69, 9.17) is 0 Å². The van der Waals surface area contributed by atoms with Crippen LogP contribution < -0.4 is 5.32 Å². The third-order valence-corrected chi connectivity index (χ3v) is 8.21. The van der Waals surface area contributed by atoms with E-state index < -0.39 is 12.0 Å². The number of para-hydroxylation sites is 2. The number of hydrogen-bond donors (Lipinski definition) is 1. The maximum absolute atomic E-state index is 14.0. The molecule has 208 valence electrons. The molecule has 2 aliphatic rings. The van der Waals surface area contributed by atoms with Crippen molar-refractivity contribution in [3.8, 4) is 0 Å². The minimum Gasteiger partial charge on any atom is -0.348 e. The molecular weight excluding hydrogens is 507 g/mol. The summed E-state index contributed by atoms with van der Waals surface area (Å²) in [5.41, 5.74) is 1.89. The molecule has 3 heterocycles. The summed E-state index contributed by atoms with van der Waals surface area (Å²) in [4.78, 5) is 32.0. The Kier molecular flexibility index (Phi) is 7.66. The van der Waals surface area contributed by atoms with Gasteiger partial charge < -0.3 is 14.8 Å². The van der Waals surface area contributed by atoms with E-state index in [9.17, 15) is 22.8 Å². The van der Waals surface area contributed by atoms with Crippen molar-refractivity contribution in [2.45, 2.75) is 69.4 Å². The lowest BCUT2D eigenvalue weighted by Crippen LogP contribution is -2.45. The second-order valence-corrected chi connectivity index (χ2v) is 10.7. The van der Waals surface area contributed by atoms with E-state index in [1.54, 1.807) is 31.3 Å². The summed E-state index contributed by atoms with van der Waals surface area (Å²) >= 11 is 0. The van der Waals surface area contributed by atoms with Crippen molar-refractivity contribution < 1.29 is 22.8 Å². The molecule has 0 unspecified atom stereocenters. The van der Waals surface area contributed by atoms with Crippen molar-refractivity contribution >= 4 is 22.8 Å². The van der Waals surface area contributed by atoms with Gasteiger partial charge in [-0.15, -0.1) is 0 Å². The fraction of sp³-hybridized carbons (Fsp3) is 0.483. The van der Waals surface area contributed by atoms with Gasteiger partial charge in [0.15, 0.2) is 0 Å². The van der Waals surface area contributed by atoms with Crippen LogP contribution >= 0.6 is 0 Å². The van der Waals surface area contributed by atoms with E-state index in [-0.39, 0.29) is 42.5 Å². The summed E-state index contributed by atoms with van der Waals surface area (Å²) in [6.07, 6.45) is -0.703. The SMILES string of the molecule is CC(=O)N(C)CC(=O)N[C@@H](CCN1[C@@H]2CC[C@H]1C[C@H](n1c(C(F)(F)F)nc3ccccc31)C2)c1ccccc1. The van der Waals surface area contributed by atoms with E-state index in [1.807, 2.05) is 30.3 Å². The standard InChI is InChI=1S/C29H34F3N5O2/c1-19(38)35(2)18-27(39)33-24(20-8-4-3-5-9-20)14-15-36-21-12-13-22(36)17-23(16-21)37-26-11-7-6-10-25(26)34-28(37)29(30,31)32/h3-11,21-24H,12-18H2,1-2H3,(H,33,39)/t21-,22+,23-,24-/m0/s1. The second-order valence-electron chi connectivity index (χ2n) is 10.7. The van der Waals surface area contributed by atoms with Gasteiger partial charge in [0.25, 0.3) is 0 Å². The highest BCUT2D eigenvalue weighted by Crippen LogP contribution is 2.44. The van der Waals surface area contributed by atoms with Crippen LogP contribution in [0.1, 0.15) is 62.5 Å². The van der Waals surface area contributed by atoms with Crippen LogP contribution in [0.25, 0.3) is 11.0 Å². The zero-order valence-corrected chi connectivity index (χ0v) is 22.2. The third-order valence-electron chi connectivity index (χ3n) is 8.21. The average Bonchev–Trinajstić information content (AvgIpc) is 3.41. The van der Waals surface area contributed by atoms with Gasteiger partial charge in [0.1, 0.15) is 0 Å². The van der Waals surface area contributed by atoms with E-state index >= 15 is 0 Å². The predicted octanol–water partition coefficient (Wildman–Crippen LogP) is 4.95. The number of rotatable bonds is 8. The number of benzene rings is 2. The van der Waals surface area contributed by atoms with Crippen LogP contribution in [0.2, 0.25) is 0 Å². The van der Waals surface area contributed by atoms with Gasteiger partial charge in [-0.2, -0.15) is 13.2 Å². The lowest BCUT2D eigenvalue weighted by molar-refractivity contribution is -0.148. The highest BCUT2D eigenvalue weighted by atomic mass is 19.4. The predicted molar refractivity (Wildman–Crippen MR) is 142 cm³/mol. The topological polar surface area (TPSA) is 70.5 Å². The first kappa shape index (κ1) is 27.2. The van der Waals surface area contributed by atoms with Gasteiger partial charge in [-0.3, -0.25) is 14.5 Å². The monoisotopic (exact) mass is 541 g/mol. The molecule has 10 heteroatoms. The van der Waals surface area contributed by atoms with Crippen LogP contribution in [0.5, 0.6) is 0 Å². The number of nitrogens with zero attached hydrogens (tertiary/aromatic N) is 4. The number of fused-ring (bicyclic) bond motifs is 3. The number of hydrogen-bond acceptors (Lipinski definition) is 4. The molecule has 2 aliphatic heterocycles. The number of likely N-dealkylation sites (N-methyl/N-ethyl adjacent to an activating group) is 1. The van der Waals surface area contributed by atoms with Crippen molar-refractivity contribution in [3.63, 3.8) is 0 Å². The first-order chi connectivity index (χ1) is 18.6. The molecule has 2 saturated heterocycles. The minimum atomic E-state index is -4.52. The van der Waals surface area contributed by atoms with Crippen molar-refractivity contribution in [3.05, 3.63) is 66.0 Å². The number of carbonyl (C=O) groups is 2. The van der Waals surface area contributed by atoms with Gasteiger partial charge in [0.05, 0.1) is 23.6 Å². The average molecular weight is 542 g/mol. The number of carbonyl (C=O) groups excluding carboxylic acids is 2. The smallest absolute Gasteiger partial charge is 0.348 e. The number of aromatic nitrogens is 2. The van der Waals surface area contributed by atoms with Crippen molar-refractivity contribution in [2.24, 2.45) is 0 Å². The summed E-state index contributed by atoms with van der Waals surface area (Å²) < 4.78 is 43.4. The Morgan fingerprint density at radius 2 is 1.67 bits per heavy atom. The van der Waals surface area contributed by atoms with E-state index in [0.717, 1.165) is 24.9 Å². The normalized spacial score (nSPS) is 22.1. The van der Waals surface area contributed by atoms with Gasteiger partial charge in [0.2, 0.25) is 17.6 Å². The Hall–Kier alpha value is -3.40. The van der Waals surface area contributed by atoms with Crippen molar-refractivity contribution in [1.82, 2.24) is 24.7 Å². The molecule has 2 aromatic carbocycles. The summed E-state index contributed by atoms with van der Waals surface area (Å²) in [6, 6.07) is 16.4. The van der Waals surface area contributed by atoms with Gasteiger partial charge >= 0.3 is 6.18 Å². The molecule has 0 saturated carbocycles. The second kappa shape index (κ2) is 11.0. The molecule has 5 rings (SSSR count). The highest BCUT2D eigenvalue weighted by Gasteiger charge is 2.45. The quantitative estimate of drug-likeness (QED) is 0.438. The van der Waals surface area contributed by atoms with Crippen molar-refractivity contribution in [1.29, 1.82) is 0 Å². The maximum Gasteiger partial charge on any atom is 0.449 e. The Bertz CT molecular complexity index is 1310. The zero-order chi connectivity index (χ0) is 27.7. The molecule has 39 heavy (non-hydrogen) atoms. The largest absolute Gasteiger partial charge is 0.449 e. The molecule has 0 spiro atoms. The molecule has 0 aliphatic carbocycles. The van der Waals surface area contributed by atoms with E-state index in [2.05, 4.69) is 15.2 Å². The van der Waals surface area contributed by atoms with Gasteiger partial charge in [0, 0.05) is 38.6 Å². The summed E-state index contributed by atoms with van der Waals surface area (Å²) in [5.74, 6) is -1.22. The number of alkyl halides is 3. The van der Waals surface area contributed by atoms with E-state index in [1.165, 1.54) is 16.4 Å². The summed E-state index contributed by atoms with van der Waals surface area (Å²) in [6.45, 7) is 2.13. The van der Waals surface area contributed by atoms with Crippen molar-refractivity contribution in [2.75, 3.05) is 20.1 Å². The third kappa shape index (κ3) is 5.80. The molecule has 1 N–H and O–H groups in total. The van der Waals surface area contributed by atoms with Crippen LogP contribution in [-0.4, -0.2) is 63.4 Å². The summed E-state index contributed by atoms with van der Waals surface area (Å²) in [7, 11) is 1.59. The number of nitrogens with one attached hydrogen (secondary N) is 1. The molecule has 0 radical (unpaired) electrons. The molecular formula is C29H34F3N5O2. The molecule has 3 aromatic rings. The lowest BCUT2D eigenvalue weighted by Gasteiger charge is -2.40. The maximum atomic E-state index is 14.0. The first-order valence-corrected chi connectivity index (χ1v) is 13.5. The molecule has 2 fully saturated rings. The number of halogens is 3. The first-order valence-electron chi connectivity index (χ1n) is 13.5. The minimum absolute atomic E-state index is 0.0181. The Morgan fingerprint density at radius 1 is 1.03 bits per heavy atom. The molecule has 4 atom stereocenters. The van der Waals surface area contributed by atoms with Gasteiger partial charge in [-0.1, -0.05) is 42.5 Å². The highest BCUT2D eigenvalue weighted by molar-refractivity contribution is 5.83. The molecule has 2 bridgehead atoms. The zero-order valence-electron chi connectivity index (χ0n) is 22.2. The van der Waals surface area contributed by atoms with Crippen LogP contribution in [0.3, 0.4) is 0 Å². The van der Waals surface area contributed by atoms with Crippen LogP contribution in [-0.2, 0) is 15.8 Å². The van der Waals surface area contributed by atoms with Gasteiger partial charge in [-0.25, -0.2) is 4.98 Å². The molecule has 1 aromatic heterocycles. The Labute approximate surface area is 226 Å². The fourth-order valence-corrected chi connectivity index (χ4v) is 6.29. The Balaban J connectivity index is 1.31. The number of piperidine rings is 1. The fourth-order valence-electron chi connectivity index (χ4n) is 6.29. The molecule has 7 nitrogen and oxygen atoms in total. The number of amides is 2. The van der Waals surface area contributed by atoms with E-state index in [0.29, 0.717) is 30.3 Å². The van der Waals surface area contributed by atoms with Crippen LogP contribution in [0.15, 0.2) is 54.6 Å². The summed E-state index contributed by atoms with van der Waals surface area (Å²) in [5, 5.41) is 3.09. The van der Waals surface area contributed by atoms with Crippen LogP contribution in [0, 0.1) is 0 Å². The lowest BCUT2D eigenvalue weighted by atomic mass is 9.95. The molecule has 2 amide bonds.